The molecule has 0 amide bonds. The van der Waals surface area contributed by atoms with E-state index in [2.05, 4.69) is 31.2 Å². The van der Waals surface area contributed by atoms with Gasteiger partial charge in [0.05, 0.1) is 6.61 Å². The van der Waals surface area contributed by atoms with Crippen LogP contribution in [0, 0.1) is 6.92 Å². The van der Waals surface area contributed by atoms with Crippen LogP contribution in [0.15, 0.2) is 24.3 Å². The number of hydrogen-bond donors (Lipinski definition) is 0. The summed E-state index contributed by atoms with van der Waals surface area (Å²) >= 11 is 0. The van der Waals surface area contributed by atoms with Crippen molar-refractivity contribution in [2.24, 2.45) is 0 Å². The van der Waals surface area contributed by atoms with Crippen molar-refractivity contribution in [3.63, 3.8) is 0 Å². The minimum atomic E-state index is 0.709. The number of methoxy groups -OCH3 is 1. The van der Waals surface area contributed by atoms with Crippen LogP contribution in [0.25, 0.3) is 0 Å². The van der Waals surface area contributed by atoms with E-state index in [9.17, 15) is 0 Å². The zero-order valence-electron chi connectivity index (χ0n) is 10.4. The number of aryl methyl sites for hydroxylation is 1. The highest BCUT2D eigenvalue weighted by molar-refractivity contribution is 5.20. The van der Waals surface area contributed by atoms with Crippen LogP contribution in [0.4, 0.5) is 0 Å². The van der Waals surface area contributed by atoms with E-state index >= 15 is 0 Å². The molecule has 0 aromatic heterocycles. The second kappa shape index (κ2) is 12.2. The third-order valence-corrected chi connectivity index (χ3v) is 1.43. The standard InChI is InChI=1S/C9H12O.2C2H6/c1-8-3-5-9(6-4-8)7-10-2;2*1-2/h3-6H,7H2,1-2H3;2*1-2H3. The van der Waals surface area contributed by atoms with Crippen molar-refractivity contribution in [3.8, 4) is 0 Å². The van der Waals surface area contributed by atoms with Gasteiger partial charge in [-0.15, -0.1) is 0 Å². The van der Waals surface area contributed by atoms with Gasteiger partial charge in [-0.1, -0.05) is 57.5 Å². The summed E-state index contributed by atoms with van der Waals surface area (Å²) in [5, 5.41) is 0. The van der Waals surface area contributed by atoms with E-state index in [1.54, 1.807) is 7.11 Å². The molecule has 14 heavy (non-hydrogen) atoms. The maximum atomic E-state index is 4.97. The third kappa shape index (κ3) is 7.81. The normalized spacial score (nSPS) is 7.86. The van der Waals surface area contributed by atoms with E-state index in [0.717, 1.165) is 0 Å². The highest BCUT2D eigenvalue weighted by Crippen LogP contribution is 2.03. The smallest absolute Gasteiger partial charge is 0.0713 e. The highest BCUT2D eigenvalue weighted by atomic mass is 16.5. The zero-order valence-corrected chi connectivity index (χ0v) is 10.4. The van der Waals surface area contributed by atoms with E-state index < -0.39 is 0 Å². The Morgan fingerprint density at radius 3 is 1.71 bits per heavy atom. The topological polar surface area (TPSA) is 9.23 Å². The lowest BCUT2D eigenvalue weighted by molar-refractivity contribution is 0.185. The molecule has 1 aromatic carbocycles. The van der Waals surface area contributed by atoms with Crippen LogP contribution in [0.3, 0.4) is 0 Å². The van der Waals surface area contributed by atoms with E-state index in [-0.39, 0.29) is 0 Å². The molecular weight excluding hydrogens is 172 g/mol. The first-order chi connectivity index (χ1) is 6.83. The molecule has 0 atom stereocenters. The van der Waals surface area contributed by atoms with Gasteiger partial charge >= 0.3 is 0 Å². The fourth-order valence-electron chi connectivity index (χ4n) is 0.851. The number of hydrogen-bond acceptors (Lipinski definition) is 1. The average molecular weight is 196 g/mol. The van der Waals surface area contributed by atoms with Gasteiger partial charge in [-0.05, 0) is 12.5 Å². The largest absolute Gasteiger partial charge is 0.380 e. The third-order valence-electron chi connectivity index (χ3n) is 1.43. The zero-order chi connectivity index (χ0) is 11.4. The Hall–Kier alpha value is -0.820. The van der Waals surface area contributed by atoms with E-state index in [0.29, 0.717) is 6.61 Å². The lowest BCUT2D eigenvalue weighted by atomic mass is 10.2. The first-order valence-corrected chi connectivity index (χ1v) is 5.37. The Labute approximate surface area is 89.1 Å². The van der Waals surface area contributed by atoms with Crippen LogP contribution in [-0.2, 0) is 11.3 Å². The fraction of sp³-hybridized carbons (Fsp3) is 0.538. The van der Waals surface area contributed by atoms with Crippen LogP contribution in [0.5, 0.6) is 0 Å². The summed E-state index contributed by atoms with van der Waals surface area (Å²) < 4.78 is 4.97. The lowest BCUT2D eigenvalue weighted by Gasteiger charge is -1.98. The van der Waals surface area contributed by atoms with Gasteiger partial charge in [0.25, 0.3) is 0 Å². The van der Waals surface area contributed by atoms with Crippen molar-refractivity contribution >= 4 is 0 Å². The molecule has 1 rings (SSSR count). The van der Waals surface area contributed by atoms with Crippen LogP contribution in [-0.4, -0.2) is 7.11 Å². The van der Waals surface area contributed by atoms with Gasteiger partial charge in [-0.3, -0.25) is 0 Å². The molecular formula is C13H24O. The second-order valence-electron chi connectivity index (χ2n) is 2.42. The minimum absolute atomic E-state index is 0.709. The Balaban J connectivity index is 0. The van der Waals surface area contributed by atoms with Crippen LogP contribution < -0.4 is 0 Å². The van der Waals surface area contributed by atoms with Gasteiger partial charge in [-0.25, -0.2) is 0 Å². The van der Waals surface area contributed by atoms with Gasteiger partial charge < -0.3 is 4.74 Å². The molecule has 0 aliphatic carbocycles. The van der Waals surface area contributed by atoms with Crippen LogP contribution >= 0.6 is 0 Å². The Bertz CT molecular complexity index is 189. The summed E-state index contributed by atoms with van der Waals surface area (Å²) in [5.74, 6) is 0. The lowest BCUT2D eigenvalue weighted by Crippen LogP contribution is -1.85. The first kappa shape index (κ1) is 15.6. The van der Waals surface area contributed by atoms with E-state index in [1.807, 2.05) is 27.7 Å². The summed E-state index contributed by atoms with van der Waals surface area (Å²) in [6.45, 7) is 10.8. The molecule has 1 nitrogen and oxygen atoms in total. The number of rotatable bonds is 2. The molecule has 0 saturated carbocycles. The summed E-state index contributed by atoms with van der Waals surface area (Å²) in [6.07, 6.45) is 0. The van der Waals surface area contributed by atoms with Gasteiger partial charge in [0, 0.05) is 7.11 Å². The van der Waals surface area contributed by atoms with Crippen molar-refractivity contribution in [2.45, 2.75) is 41.2 Å². The maximum absolute atomic E-state index is 4.97. The van der Waals surface area contributed by atoms with Crippen molar-refractivity contribution in [2.75, 3.05) is 7.11 Å². The fourth-order valence-corrected chi connectivity index (χ4v) is 0.851. The molecule has 1 heteroatoms. The Morgan fingerprint density at radius 2 is 1.36 bits per heavy atom. The molecule has 0 aliphatic rings. The quantitative estimate of drug-likeness (QED) is 0.689. The predicted molar refractivity (Wildman–Crippen MR) is 64.6 cm³/mol. The van der Waals surface area contributed by atoms with E-state index in [4.69, 9.17) is 4.74 Å². The van der Waals surface area contributed by atoms with Crippen molar-refractivity contribution in [1.29, 1.82) is 0 Å². The molecule has 0 fully saturated rings. The summed E-state index contributed by atoms with van der Waals surface area (Å²) in [7, 11) is 1.71. The highest BCUT2D eigenvalue weighted by Gasteiger charge is 1.88. The summed E-state index contributed by atoms with van der Waals surface area (Å²) in [6, 6.07) is 8.35. The molecule has 0 heterocycles. The minimum Gasteiger partial charge on any atom is -0.380 e. The van der Waals surface area contributed by atoms with Crippen LogP contribution in [0.1, 0.15) is 38.8 Å². The molecule has 0 saturated heterocycles. The summed E-state index contributed by atoms with van der Waals surface area (Å²) in [4.78, 5) is 0. The average Bonchev–Trinajstić information content (AvgIpc) is 2.28. The predicted octanol–water partition coefficient (Wildman–Crippen LogP) is 4.19. The van der Waals surface area contributed by atoms with Crippen LogP contribution in [0.2, 0.25) is 0 Å². The maximum Gasteiger partial charge on any atom is 0.0713 e. The SMILES string of the molecule is CC.CC.COCc1ccc(C)cc1. The molecule has 0 aliphatic heterocycles. The molecule has 0 bridgehead atoms. The van der Waals surface area contributed by atoms with Crippen molar-refractivity contribution < 1.29 is 4.74 Å². The number of ether oxygens (including phenoxy) is 1. The number of benzene rings is 1. The Kier molecular flexibility index (Phi) is 13.6. The molecule has 0 spiro atoms. The van der Waals surface area contributed by atoms with E-state index in [1.165, 1.54) is 11.1 Å². The van der Waals surface area contributed by atoms with Crippen molar-refractivity contribution in [3.05, 3.63) is 35.4 Å². The molecule has 82 valence electrons. The first-order valence-electron chi connectivity index (χ1n) is 5.37. The van der Waals surface area contributed by atoms with Gasteiger partial charge in [0.2, 0.25) is 0 Å². The Morgan fingerprint density at radius 1 is 0.929 bits per heavy atom. The van der Waals surface area contributed by atoms with Gasteiger partial charge in [0.15, 0.2) is 0 Å². The van der Waals surface area contributed by atoms with Gasteiger partial charge in [0.1, 0.15) is 0 Å². The molecule has 0 unspecified atom stereocenters. The monoisotopic (exact) mass is 196 g/mol. The summed E-state index contributed by atoms with van der Waals surface area (Å²) in [5.41, 5.74) is 2.52. The molecule has 0 N–H and O–H groups in total. The van der Waals surface area contributed by atoms with Gasteiger partial charge in [-0.2, -0.15) is 0 Å². The molecule has 0 radical (unpaired) electrons. The van der Waals surface area contributed by atoms with Crippen molar-refractivity contribution in [1.82, 2.24) is 0 Å². The second-order valence-corrected chi connectivity index (χ2v) is 2.42. The molecule has 1 aromatic rings.